The number of halogens is 2. The molecule has 3 aromatic rings. The summed E-state index contributed by atoms with van der Waals surface area (Å²) in [5, 5.41) is 4.04. The van der Waals surface area contributed by atoms with Gasteiger partial charge in [0.15, 0.2) is 0 Å². The van der Waals surface area contributed by atoms with Crippen molar-refractivity contribution in [3.8, 4) is 11.5 Å². The molecule has 0 radical (unpaired) electrons. The largest absolute Gasteiger partial charge is 0.496 e. The van der Waals surface area contributed by atoms with Gasteiger partial charge < -0.3 is 20.5 Å². The van der Waals surface area contributed by atoms with E-state index in [4.69, 9.17) is 38.4 Å². The van der Waals surface area contributed by atoms with Gasteiger partial charge in [-0.05, 0) is 55.2 Å². The van der Waals surface area contributed by atoms with Crippen LogP contribution in [0.2, 0.25) is 10.0 Å². The van der Waals surface area contributed by atoms with Gasteiger partial charge in [-0.15, -0.1) is 11.3 Å². The smallest absolute Gasteiger partial charge is 0.256 e. The molecule has 1 heterocycles. The number of methoxy groups -OCH3 is 1. The van der Waals surface area contributed by atoms with Crippen molar-refractivity contribution in [2.45, 2.75) is 25.9 Å². The number of carbonyl (C=O) groups excluding carboxylic acids is 2. The van der Waals surface area contributed by atoms with Gasteiger partial charge >= 0.3 is 0 Å². The Morgan fingerprint density at radius 2 is 1.97 bits per heavy atom. The second-order valence-corrected chi connectivity index (χ2v) is 9.14. The summed E-state index contributed by atoms with van der Waals surface area (Å²) in [6.07, 6.45) is 2.69. The van der Waals surface area contributed by atoms with E-state index >= 15 is 0 Å². The molecule has 0 atom stereocenters. The molecule has 1 aromatic heterocycles. The summed E-state index contributed by atoms with van der Waals surface area (Å²) in [5.74, 6) is 0.113. The molecule has 2 amide bonds. The third-order valence-corrected chi connectivity index (χ3v) is 7.25. The van der Waals surface area contributed by atoms with E-state index in [0.717, 1.165) is 29.7 Å². The van der Waals surface area contributed by atoms with E-state index in [1.54, 1.807) is 36.4 Å². The van der Waals surface area contributed by atoms with Gasteiger partial charge in [0.05, 0.1) is 17.7 Å². The second kappa shape index (κ2) is 9.40. The van der Waals surface area contributed by atoms with Crippen LogP contribution in [0.3, 0.4) is 0 Å². The van der Waals surface area contributed by atoms with Crippen LogP contribution in [0.4, 0.5) is 5.00 Å². The molecule has 4 rings (SSSR count). The minimum absolute atomic E-state index is 0.115. The summed E-state index contributed by atoms with van der Waals surface area (Å²) in [7, 11) is 1.54. The van der Waals surface area contributed by atoms with Crippen LogP contribution in [-0.4, -0.2) is 18.9 Å². The molecule has 0 fully saturated rings. The number of hydrogen-bond acceptors (Lipinski definition) is 5. The molecule has 6 nitrogen and oxygen atoms in total. The monoisotopic (exact) mass is 490 g/mol. The fraction of sp³-hybridized carbons (Fsp3) is 0.217. The first-order valence-corrected chi connectivity index (χ1v) is 11.5. The number of nitrogens with one attached hydrogen (secondary N) is 1. The Bertz CT molecular complexity index is 1210. The van der Waals surface area contributed by atoms with Crippen LogP contribution in [0.5, 0.6) is 11.5 Å². The molecule has 0 bridgehead atoms. The first-order chi connectivity index (χ1) is 15.4. The number of anilines is 1. The van der Waals surface area contributed by atoms with Crippen LogP contribution in [0.25, 0.3) is 0 Å². The first kappa shape index (κ1) is 22.5. The summed E-state index contributed by atoms with van der Waals surface area (Å²) in [6.45, 7) is 0.115. The minimum Gasteiger partial charge on any atom is -0.496 e. The Kier molecular flexibility index (Phi) is 6.60. The number of fused-ring (bicyclic) bond motifs is 1. The quantitative estimate of drug-likeness (QED) is 0.458. The van der Waals surface area contributed by atoms with Crippen LogP contribution >= 0.6 is 34.5 Å². The molecule has 2 aromatic carbocycles. The molecule has 166 valence electrons. The van der Waals surface area contributed by atoms with Crippen molar-refractivity contribution in [3.05, 3.63) is 73.6 Å². The lowest BCUT2D eigenvalue weighted by Crippen LogP contribution is -2.18. The van der Waals surface area contributed by atoms with E-state index in [1.165, 1.54) is 18.4 Å². The highest BCUT2D eigenvalue weighted by atomic mass is 35.5. The highest BCUT2D eigenvalue weighted by Gasteiger charge is 2.26. The van der Waals surface area contributed by atoms with Crippen molar-refractivity contribution in [2.24, 2.45) is 5.73 Å². The van der Waals surface area contributed by atoms with E-state index < -0.39 is 5.91 Å². The summed E-state index contributed by atoms with van der Waals surface area (Å²) >= 11 is 13.6. The third-order valence-electron chi connectivity index (χ3n) is 5.24. The van der Waals surface area contributed by atoms with Crippen molar-refractivity contribution in [1.29, 1.82) is 0 Å². The van der Waals surface area contributed by atoms with E-state index in [-0.39, 0.29) is 12.5 Å². The molecule has 0 unspecified atom stereocenters. The molecule has 3 N–H and O–H groups in total. The molecular weight excluding hydrogens is 471 g/mol. The molecular formula is C23H20Cl2N2O4S. The van der Waals surface area contributed by atoms with E-state index in [2.05, 4.69) is 5.32 Å². The molecule has 0 saturated heterocycles. The number of carbonyl (C=O) groups is 2. The fourth-order valence-corrected chi connectivity index (χ4v) is 5.35. The van der Waals surface area contributed by atoms with Gasteiger partial charge in [-0.3, -0.25) is 9.59 Å². The number of hydrogen-bond donors (Lipinski definition) is 2. The number of primary amides is 1. The summed E-state index contributed by atoms with van der Waals surface area (Å²) in [5.41, 5.74) is 8.01. The lowest BCUT2D eigenvalue weighted by Gasteiger charge is -2.13. The Morgan fingerprint density at radius 1 is 1.16 bits per heavy atom. The highest BCUT2D eigenvalue weighted by molar-refractivity contribution is 7.17. The standard InChI is InChI=1S/C23H20Cl2N2O4S/c1-30-16-9-8-12(10-13(16)11-31-17-6-3-5-15(24)20(17)25)22(29)27-23-19(21(26)28)14-4-2-7-18(14)32-23/h3,5-6,8-10H,2,4,7,11H2,1H3,(H2,26,28)(H,27,29). The van der Waals surface area contributed by atoms with Crippen LogP contribution < -0.4 is 20.5 Å². The lowest BCUT2D eigenvalue weighted by molar-refractivity contribution is 0.100. The Labute approximate surface area is 199 Å². The van der Waals surface area contributed by atoms with Crippen molar-refractivity contribution in [2.75, 3.05) is 12.4 Å². The zero-order chi connectivity index (χ0) is 22.8. The second-order valence-electron chi connectivity index (χ2n) is 7.25. The van der Waals surface area contributed by atoms with E-state index in [9.17, 15) is 9.59 Å². The SMILES string of the molecule is COc1ccc(C(=O)Nc2sc3c(c2C(N)=O)CCC3)cc1COc1cccc(Cl)c1Cl. The van der Waals surface area contributed by atoms with Gasteiger partial charge in [0, 0.05) is 16.0 Å². The minimum atomic E-state index is -0.526. The van der Waals surface area contributed by atoms with Gasteiger partial charge in [-0.2, -0.15) is 0 Å². The normalized spacial score (nSPS) is 12.3. The van der Waals surface area contributed by atoms with Gasteiger partial charge in [0.1, 0.15) is 28.1 Å². The fourth-order valence-electron chi connectivity index (χ4n) is 3.71. The average Bonchev–Trinajstić information content (AvgIpc) is 3.35. The van der Waals surface area contributed by atoms with Crippen LogP contribution in [0, 0.1) is 0 Å². The van der Waals surface area contributed by atoms with E-state index in [1.807, 2.05) is 0 Å². The number of amides is 2. The number of benzene rings is 2. The molecule has 1 aliphatic carbocycles. The van der Waals surface area contributed by atoms with Crippen molar-refractivity contribution in [3.63, 3.8) is 0 Å². The molecule has 0 aliphatic heterocycles. The average molecular weight is 491 g/mol. The van der Waals surface area contributed by atoms with Crippen LogP contribution in [-0.2, 0) is 19.4 Å². The number of thiophene rings is 1. The lowest BCUT2D eigenvalue weighted by atomic mass is 10.1. The van der Waals surface area contributed by atoms with E-state index in [0.29, 0.717) is 43.2 Å². The van der Waals surface area contributed by atoms with Crippen molar-refractivity contribution < 1.29 is 19.1 Å². The maximum atomic E-state index is 13.0. The summed E-state index contributed by atoms with van der Waals surface area (Å²) in [6, 6.07) is 10.1. The number of ether oxygens (including phenoxy) is 2. The molecule has 9 heteroatoms. The molecule has 1 aliphatic rings. The maximum absolute atomic E-state index is 13.0. The number of nitrogens with two attached hydrogens (primary N) is 1. The Morgan fingerprint density at radius 3 is 2.72 bits per heavy atom. The summed E-state index contributed by atoms with van der Waals surface area (Å²) < 4.78 is 11.2. The first-order valence-electron chi connectivity index (χ1n) is 9.88. The van der Waals surface area contributed by atoms with Crippen molar-refractivity contribution in [1.82, 2.24) is 0 Å². The number of rotatable bonds is 7. The number of aryl methyl sites for hydroxylation is 1. The van der Waals surface area contributed by atoms with Crippen molar-refractivity contribution >= 4 is 51.4 Å². The maximum Gasteiger partial charge on any atom is 0.256 e. The molecule has 0 spiro atoms. The van der Waals surface area contributed by atoms with Crippen LogP contribution in [0.1, 0.15) is 43.1 Å². The predicted molar refractivity (Wildman–Crippen MR) is 127 cm³/mol. The van der Waals surface area contributed by atoms with Gasteiger partial charge in [-0.25, -0.2) is 0 Å². The van der Waals surface area contributed by atoms with Gasteiger partial charge in [0.2, 0.25) is 0 Å². The molecule has 32 heavy (non-hydrogen) atoms. The predicted octanol–water partition coefficient (Wildman–Crippen LogP) is 5.48. The summed E-state index contributed by atoms with van der Waals surface area (Å²) in [4.78, 5) is 26.1. The zero-order valence-electron chi connectivity index (χ0n) is 17.2. The van der Waals surface area contributed by atoms with Gasteiger partial charge in [0.25, 0.3) is 11.8 Å². The molecule has 0 saturated carbocycles. The Hall–Kier alpha value is -2.74. The topological polar surface area (TPSA) is 90.6 Å². The van der Waals surface area contributed by atoms with Gasteiger partial charge in [-0.1, -0.05) is 29.3 Å². The highest BCUT2D eigenvalue weighted by Crippen LogP contribution is 2.39. The van der Waals surface area contributed by atoms with Crippen LogP contribution in [0.15, 0.2) is 36.4 Å². The zero-order valence-corrected chi connectivity index (χ0v) is 19.5. The Balaban J connectivity index is 1.56. The third kappa shape index (κ3) is 4.41.